The zero-order valence-corrected chi connectivity index (χ0v) is 13.7. The van der Waals surface area contributed by atoms with Crippen LogP contribution in [0, 0.1) is 0 Å². The predicted molar refractivity (Wildman–Crippen MR) is 88.9 cm³/mol. The Kier molecular flexibility index (Phi) is 6.51. The van der Waals surface area contributed by atoms with Crippen LogP contribution in [0.1, 0.15) is 18.0 Å². The van der Waals surface area contributed by atoms with E-state index in [9.17, 15) is 4.79 Å². The van der Waals surface area contributed by atoms with E-state index in [1.807, 2.05) is 42.6 Å². The third-order valence-electron chi connectivity index (χ3n) is 3.11. The molecule has 2 rings (SSSR count). The highest BCUT2D eigenvalue weighted by atomic mass is 32.1. The van der Waals surface area contributed by atoms with Gasteiger partial charge in [0.05, 0.1) is 24.9 Å². The molecule has 118 valence electrons. The van der Waals surface area contributed by atoms with E-state index < -0.39 is 0 Å². The van der Waals surface area contributed by atoms with Gasteiger partial charge < -0.3 is 15.4 Å². The molecule has 0 radical (unpaired) electrons. The van der Waals surface area contributed by atoms with Crippen LogP contribution in [-0.2, 0) is 9.53 Å². The number of hydrogen-bond acceptors (Lipinski definition) is 5. The molecular weight excluding hydrogens is 298 g/mol. The van der Waals surface area contributed by atoms with Gasteiger partial charge in [-0.15, -0.1) is 11.3 Å². The van der Waals surface area contributed by atoms with Gasteiger partial charge in [-0.2, -0.15) is 0 Å². The number of carbonyl (C=O) groups excluding carboxylic acids is 1. The average Bonchev–Trinajstić information content (AvgIpc) is 3.02. The van der Waals surface area contributed by atoms with Gasteiger partial charge >= 0.3 is 0 Å². The molecule has 0 aliphatic rings. The normalized spacial score (nSPS) is 12.1. The molecule has 0 bridgehead atoms. The standard InChI is InChI=1S/C16H21N3O2S/c1-12(18-15(20)10-17-8-9-21-2)16-19-14(11-22-16)13-6-4-3-5-7-13/h3-7,11-12,17H,8-10H2,1-2H3,(H,18,20). The van der Waals surface area contributed by atoms with E-state index in [4.69, 9.17) is 4.74 Å². The lowest BCUT2D eigenvalue weighted by atomic mass is 10.2. The van der Waals surface area contributed by atoms with Crippen molar-refractivity contribution in [2.45, 2.75) is 13.0 Å². The van der Waals surface area contributed by atoms with Crippen LogP contribution in [0.5, 0.6) is 0 Å². The third kappa shape index (κ3) is 4.91. The van der Waals surface area contributed by atoms with Gasteiger partial charge in [-0.1, -0.05) is 30.3 Å². The first-order valence-electron chi connectivity index (χ1n) is 7.20. The summed E-state index contributed by atoms with van der Waals surface area (Å²) in [7, 11) is 1.64. The molecule has 0 aliphatic carbocycles. The van der Waals surface area contributed by atoms with E-state index in [1.165, 1.54) is 0 Å². The summed E-state index contributed by atoms with van der Waals surface area (Å²) in [6.07, 6.45) is 0. The van der Waals surface area contributed by atoms with E-state index >= 15 is 0 Å². The van der Waals surface area contributed by atoms with Crippen molar-refractivity contribution in [2.75, 3.05) is 26.8 Å². The highest BCUT2D eigenvalue weighted by Crippen LogP contribution is 2.25. The van der Waals surface area contributed by atoms with Crippen molar-refractivity contribution < 1.29 is 9.53 Å². The van der Waals surface area contributed by atoms with E-state index in [0.717, 1.165) is 16.3 Å². The summed E-state index contributed by atoms with van der Waals surface area (Å²) in [6, 6.07) is 9.93. The molecule has 5 nitrogen and oxygen atoms in total. The Bertz CT molecular complexity index is 586. The molecule has 0 spiro atoms. The number of benzene rings is 1. The van der Waals surface area contributed by atoms with Crippen molar-refractivity contribution in [1.29, 1.82) is 0 Å². The van der Waals surface area contributed by atoms with Crippen molar-refractivity contribution in [3.8, 4) is 11.3 Å². The zero-order valence-electron chi connectivity index (χ0n) is 12.8. The highest BCUT2D eigenvalue weighted by Gasteiger charge is 2.13. The number of nitrogens with zero attached hydrogens (tertiary/aromatic N) is 1. The van der Waals surface area contributed by atoms with Crippen LogP contribution in [-0.4, -0.2) is 37.7 Å². The zero-order chi connectivity index (χ0) is 15.8. The first-order chi connectivity index (χ1) is 10.7. The van der Waals surface area contributed by atoms with E-state index in [2.05, 4.69) is 15.6 Å². The van der Waals surface area contributed by atoms with E-state index in [0.29, 0.717) is 13.2 Å². The first kappa shape index (κ1) is 16.6. The lowest BCUT2D eigenvalue weighted by Gasteiger charge is -2.11. The molecule has 1 atom stereocenters. The molecule has 22 heavy (non-hydrogen) atoms. The van der Waals surface area contributed by atoms with Crippen LogP contribution in [0.25, 0.3) is 11.3 Å². The summed E-state index contributed by atoms with van der Waals surface area (Å²) >= 11 is 1.56. The van der Waals surface area contributed by atoms with Crippen LogP contribution in [0.4, 0.5) is 0 Å². The molecule has 0 saturated carbocycles. The highest BCUT2D eigenvalue weighted by molar-refractivity contribution is 7.10. The van der Waals surface area contributed by atoms with Crippen LogP contribution < -0.4 is 10.6 Å². The van der Waals surface area contributed by atoms with Gasteiger partial charge in [0.15, 0.2) is 0 Å². The number of nitrogens with one attached hydrogen (secondary N) is 2. The Hall–Kier alpha value is -1.76. The largest absolute Gasteiger partial charge is 0.383 e. The molecule has 6 heteroatoms. The molecule has 1 aromatic heterocycles. The number of hydrogen-bond donors (Lipinski definition) is 2. The van der Waals surface area contributed by atoms with Gasteiger partial charge in [0.2, 0.25) is 5.91 Å². The second-order valence-electron chi connectivity index (χ2n) is 4.90. The Labute approximate surface area is 134 Å². The maximum Gasteiger partial charge on any atom is 0.234 e. The summed E-state index contributed by atoms with van der Waals surface area (Å²) in [5, 5.41) is 8.89. The quantitative estimate of drug-likeness (QED) is 0.732. The van der Waals surface area contributed by atoms with Gasteiger partial charge in [0.1, 0.15) is 5.01 Å². The first-order valence-corrected chi connectivity index (χ1v) is 8.08. The average molecular weight is 319 g/mol. The van der Waals surface area contributed by atoms with Crippen LogP contribution in [0.15, 0.2) is 35.7 Å². The number of ether oxygens (including phenoxy) is 1. The molecule has 2 aromatic rings. The van der Waals surface area contributed by atoms with Gasteiger partial charge in [0.25, 0.3) is 0 Å². The van der Waals surface area contributed by atoms with Gasteiger partial charge in [-0.3, -0.25) is 4.79 Å². The number of methoxy groups -OCH3 is 1. The van der Waals surface area contributed by atoms with Crippen molar-refractivity contribution in [1.82, 2.24) is 15.6 Å². The molecule has 1 unspecified atom stereocenters. The SMILES string of the molecule is COCCNCC(=O)NC(C)c1nc(-c2ccccc2)cs1. The minimum atomic E-state index is -0.0980. The minimum absolute atomic E-state index is 0.0416. The minimum Gasteiger partial charge on any atom is -0.383 e. The fourth-order valence-electron chi connectivity index (χ4n) is 1.96. The molecule has 1 heterocycles. The lowest BCUT2D eigenvalue weighted by Crippen LogP contribution is -2.36. The second-order valence-corrected chi connectivity index (χ2v) is 5.79. The van der Waals surface area contributed by atoms with Crippen LogP contribution >= 0.6 is 11.3 Å². The number of aromatic nitrogens is 1. The Morgan fingerprint density at radius 3 is 2.86 bits per heavy atom. The van der Waals surface area contributed by atoms with E-state index in [-0.39, 0.29) is 18.5 Å². The van der Waals surface area contributed by atoms with E-state index in [1.54, 1.807) is 18.4 Å². The number of rotatable bonds is 8. The summed E-state index contributed by atoms with van der Waals surface area (Å²) in [6.45, 7) is 3.48. The van der Waals surface area contributed by atoms with Crippen molar-refractivity contribution in [3.63, 3.8) is 0 Å². The fraction of sp³-hybridized carbons (Fsp3) is 0.375. The maximum atomic E-state index is 11.8. The molecular formula is C16H21N3O2S. The monoisotopic (exact) mass is 319 g/mol. The third-order valence-corrected chi connectivity index (χ3v) is 4.14. The lowest BCUT2D eigenvalue weighted by molar-refractivity contribution is -0.120. The smallest absolute Gasteiger partial charge is 0.234 e. The maximum absolute atomic E-state index is 11.8. The van der Waals surface area contributed by atoms with Crippen LogP contribution in [0.3, 0.4) is 0 Å². The molecule has 1 amide bonds. The predicted octanol–water partition coefficient (Wildman–Crippen LogP) is 2.22. The molecule has 2 N–H and O–H groups in total. The van der Waals surface area contributed by atoms with Crippen molar-refractivity contribution in [3.05, 3.63) is 40.7 Å². The Morgan fingerprint density at radius 2 is 2.14 bits per heavy atom. The number of carbonyl (C=O) groups is 1. The Morgan fingerprint density at radius 1 is 1.36 bits per heavy atom. The summed E-state index contributed by atoms with van der Waals surface area (Å²) < 4.78 is 4.92. The van der Waals surface area contributed by atoms with Crippen molar-refractivity contribution >= 4 is 17.2 Å². The molecule has 1 aromatic carbocycles. The molecule has 0 fully saturated rings. The molecule has 0 saturated heterocycles. The fourth-order valence-corrected chi connectivity index (χ4v) is 2.79. The van der Waals surface area contributed by atoms with Crippen molar-refractivity contribution in [2.24, 2.45) is 0 Å². The van der Waals surface area contributed by atoms with Gasteiger partial charge in [-0.05, 0) is 6.92 Å². The number of thiazole rings is 1. The second kappa shape index (κ2) is 8.63. The summed E-state index contributed by atoms with van der Waals surface area (Å²) in [5.74, 6) is -0.0416. The summed E-state index contributed by atoms with van der Waals surface area (Å²) in [5.41, 5.74) is 2.03. The number of amides is 1. The van der Waals surface area contributed by atoms with Gasteiger partial charge in [0, 0.05) is 24.6 Å². The summed E-state index contributed by atoms with van der Waals surface area (Å²) in [4.78, 5) is 16.4. The molecule has 0 aliphatic heterocycles. The van der Waals surface area contributed by atoms with Crippen LogP contribution in [0.2, 0.25) is 0 Å². The van der Waals surface area contributed by atoms with Gasteiger partial charge in [-0.25, -0.2) is 4.98 Å². The Balaban J connectivity index is 1.86. The topological polar surface area (TPSA) is 63.2 Å².